The third-order valence-electron chi connectivity index (χ3n) is 2.83. The second-order valence-electron chi connectivity index (χ2n) is 4.04. The van der Waals surface area contributed by atoms with Crippen molar-refractivity contribution in [2.45, 2.75) is 26.4 Å². The van der Waals surface area contributed by atoms with Crippen molar-refractivity contribution >= 4 is 17.4 Å². The highest BCUT2D eigenvalue weighted by Gasteiger charge is 2.30. The smallest absolute Gasteiger partial charge is 0.226 e. The molecule has 0 saturated heterocycles. The lowest BCUT2D eigenvalue weighted by molar-refractivity contribution is -0.124. The maximum Gasteiger partial charge on any atom is 0.226 e. The maximum absolute atomic E-state index is 11.9. The van der Waals surface area contributed by atoms with Gasteiger partial charge in [0.15, 0.2) is 11.9 Å². The summed E-state index contributed by atoms with van der Waals surface area (Å²) in [4.78, 5) is 24.9. The van der Waals surface area contributed by atoms with E-state index < -0.39 is 6.10 Å². The van der Waals surface area contributed by atoms with E-state index in [-0.39, 0.29) is 11.7 Å². The molecule has 0 N–H and O–H groups in total. The Morgan fingerprint density at radius 1 is 1.41 bits per heavy atom. The number of hydrogen-bond donors (Lipinski definition) is 0. The maximum atomic E-state index is 11.9. The first-order valence-electron chi connectivity index (χ1n) is 5.70. The molecule has 1 aromatic rings. The molecule has 1 aliphatic rings. The molecule has 17 heavy (non-hydrogen) atoms. The van der Waals surface area contributed by atoms with Crippen LogP contribution in [-0.4, -0.2) is 24.3 Å². The molecular formula is C13H15NO3. The third-order valence-corrected chi connectivity index (χ3v) is 2.83. The Balaban J connectivity index is 2.39. The van der Waals surface area contributed by atoms with Gasteiger partial charge in [-0.1, -0.05) is 19.1 Å². The summed E-state index contributed by atoms with van der Waals surface area (Å²) in [5, 5.41) is 0. The molecule has 0 aliphatic carbocycles. The van der Waals surface area contributed by atoms with Crippen LogP contribution in [0.25, 0.3) is 0 Å². The van der Waals surface area contributed by atoms with Crippen molar-refractivity contribution in [2.24, 2.45) is 0 Å². The highest BCUT2D eigenvalue weighted by molar-refractivity contribution is 5.97. The number of nitrogens with zero attached hydrogens (tertiary/aromatic N) is 1. The van der Waals surface area contributed by atoms with Gasteiger partial charge in [0.2, 0.25) is 5.91 Å². The van der Waals surface area contributed by atoms with Crippen molar-refractivity contribution in [3.63, 3.8) is 0 Å². The summed E-state index contributed by atoms with van der Waals surface area (Å²) < 4.78 is 5.57. The number of para-hydroxylation sites is 2. The van der Waals surface area contributed by atoms with E-state index in [1.54, 1.807) is 11.0 Å². The molecule has 4 nitrogen and oxygen atoms in total. The van der Waals surface area contributed by atoms with Crippen molar-refractivity contribution in [3.8, 4) is 5.75 Å². The second-order valence-corrected chi connectivity index (χ2v) is 4.04. The summed E-state index contributed by atoms with van der Waals surface area (Å²) in [7, 11) is 0. The van der Waals surface area contributed by atoms with Gasteiger partial charge in [-0.05, 0) is 19.1 Å². The van der Waals surface area contributed by atoms with Gasteiger partial charge < -0.3 is 9.64 Å². The zero-order valence-corrected chi connectivity index (χ0v) is 9.97. The highest BCUT2D eigenvalue weighted by atomic mass is 16.5. The van der Waals surface area contributed by atoms with Crippen molar-refractivity contribution in [1.82, 2.24) is 0 Å². The quantitative estimate of drug-likeness (QED) is 0.782. The average molecular weight is 233 g/mol. The molecule has 1 amide bonds. The van der Waals surface area contributed by atoms with Crippen LogP contribution in [0.5, 0.6) is 5.75 Å². The molecule has 1 heterocycles. The largest absolute Gasteiger partial charge is 0.479 e. The predicted octanol–water partition coefficient (Wildman–Crippen LogP) is 1.78. The Kier molecular flexibility index (Phi) is 3.13. The van der Waals surface area contributed by atoms with E-state index in [0.717, 1.165) is 5.69 Å². The van der Waals surface area contributed by atoms with Gasteiger partial charge in [0.1, 0.15) is 5.75 Å². The standard InChI is InChI=1S/C13H15NO3/c1-3-13(16)14-8-12(9(2)15)17-11-7-5-4-6-10(11)14/h4-7,12H,3,8H2,1-2H3. The minimum atomic E-state index is -0.555. The summed E-state index contributed by atoms with van der Waals surface area (Å²) >= 11 is 0. The first-order valence-corrected chi connectivity index (χ1v) is 5.70. The first kappa shape index (κ1) is 11.6. The summed E-state index contributed by atoms with van der Waals surface area (Å²) in [6, 6.07) is 7.29. The fraction of sp³-hybridized carbons (Fsp3) is 0.385. The molecule has 0 radical (unpaired) electrons. The number of benzene rings is 1. The molecule has 0 bridgehead atoms. The Morgan fingerprint density at radius 2 is 2.12 bits per heavy atom. The van der Waals surface area contributed by atoms with Crippen LogP contribution in [0.3, 0.4) is 0 Å². The van der Waals surface area contributed by atoms with Gasteiger partial charge in [-0.15, -0.1) is 0 Å². The Morgan fingerprint density at radius 3 is 2.76 bits per heavy atom. The molecule has 1 atom stereocenters. The number of Topliss-reactive ketones (excluding diaryl/α,β-unsaturated/α-hetero) is 1. The summed E-state index contributed by atoms with van der Waals surface area (Å²) in [5.41, 5.74) is 0.747. The number of carbonyl (C=O) groups is 2. The third kappa shape index (κ3) is 2.16. The fourth-order valence-electron chi connectivity index (χ4n) is 1.87. The van der Waals surface area contributed by atoms with E-state index >= 15 is 0 Å². The van der Waals surface area contributed by atoms with Crippen LogP contribution in [0.1, 0.15) is 20.3 Å². The lowest BCUT2D eigenvalue weighted by Crippen LogP contribution is -2.46. The van der Waals surface area contributed by atoms with E-state index in [1.165, 1.54) is 6.92 Å². The van der Waals surface area contributed by atoms with Crippen LogP contribution in [0.2, 0.25) is 0 Å². The molecule has 0 spiro atoms. The lowest BCUT2D eigenvalue weighted by Gasteiger charge is -2.33. The van der Waals surface area contributed by atoms with Crippen molar-refractivity contribution in [1.29, 1.82) is 0 Å². The normalized spacial score (nSPS) is 18.2. The Hall–Kier alpha value is -1.84. The van der Waals surface area contributed by atoms with Gasteiger partial charge in [-0.3, -0.25) is 9.59 Å². The van der Waals surface area contributed by atoms with Gasteiger partial charge in [0.25, 0.3) is 0 Å². The summed E-state index contributed by atoms with van der Waals surface area (Å²) in [5.74, 6) is 0.543. The number of rotatable bonds is 2. The minimum Gasteiger partial charge on any atom is -0.479 e. The highest BCUT2D eigenvalue weighted by Crippen LogP contribution is 2.33. The van der Waals surface area contributed by atoms with Crippen LogP contribution < -0.4 is 9.64 Å². The monoisotopic (exact) mass is 233 g/mol. The zero-order valence-electron chi connectivity index (χ0n) is 9.97. The van der Waals surface area contributed by atoms with Gasteiger partial charge >= 0.3 is 0 Å². The van der Waals surface area contributed by atoms with E-state index in [2.05, 4.69) is 0 Å². The minimum absolute atomic E-state index is 0.00648. The number of hydrogen-bond acceptors (Lipinski definition) is 3. The lowest BCUT2D eigenvalue weighted by atomic mass is 10.1. The molecule has 0 fully saturated rings. The second kappa shape index (κ2) is 4.57. The molecule has 1 aliphatic heterocycles. The molecular weight excluding hydrogens is 218 g/mol. The number of carbonyl (C=O) groups excluding carboxylic acids is 2. The van der Waals surface area contributed by atoms with Crippen LogP contribution >= 0.6 is 0 Å². The summed E-state index contributed by atoms with van der Waals surface area (Å²) in [6.07, 6.45) is -0.140. The first-order chi connectivity index (χ1) is 8.13. The molecule has 1 unspecified atom stereocenters. The number of ketones is 1. The predicted molar refractivity (Wildman–Crippen MR) is 64.2 cm³/mol. The topological polar surface area (TPSA) is 46.6 Å². The van der Waals surface area contributed by atoms with Gasteiger partial charge in [0.05, 0.1) is 12.2 Å². The van der Waals surface area contributed by atoms with Crippen LogP contribution in [0.4, 0.5) is 5.69 Å². The van der Waals surface area contributed by atoms with Crippen molar-refractivity contribution < 1.29 is 14.3 Å². The van der Waals surface area contributed by atoms with Crippen LogP contribution in [-0.2, 0) is 9.59 Å². The summed E-state index contributed by atoms with van der Waals surface area (Å²) in [6.45, 7) is 3.59. The zero-order chi connectivity index (χ0) is 12.4. The molecule has 4 heteroatoms. The SMILES string of the molecule is CCC(=O)N1CC(C(C)=O)Oc2ccccc21. The number of fused-ring (bicyclic) bond motifs is 1. The van der Waals surface area contributed by atoms with E-state index in [1.807, 2.05) is 25.1 Å². The number of amides is 1. The van der Waals surface area contributed by atoms with Crippen molar-refractivity contribution in [2.75, 3.05) is 11.4 Å². The van der Waals surface area contributed by atoms with E-state index in [9.17, 15) is 9.59 Å². The van der Waals surface area contributed by atoms with Gasteiger partial charge in [0, 0.05) is 6.42 Å². The van der Waals surface area contributed by atoms with Gasteiger partial charge in [-0.2, -0.15) is 0 Å². The number of anilines is 1. The molecule has 0 aromatic heterocycles. The van der Waals surface area contributed by atoms with E-state index in [0.29, 0.717) is 18.7 Å². The average Bonchev–Trinajstić information content (AvgIpc) is 2.36. The van der Waals surface area contributed by atoms with Crippen molar-refractivity contribution in [3.05, 3.63) is 24.3 Å². The molecule has 90 valence electrons. The molecule has 1 aromatic carbocycles. The molecule has 2 rings (SSSR count). The van der Waals surface area contributed by atoms with Gasteiger partial charge in [-0.25, -0.2) is 0 Å². The fourth-order valence-corrected chi connectivity index (χ4v) is 1.87. The van der Waals surface area contributed by atoms with Crippen LogP contribution in [0, 0.1) is 0 Å². The van der Waals surface area contributed by atoms with E-state index in [4.69, 9.17) is 4.74 Å². The Bertz CT molecular complexity index is 456. The Labute approximate surface area is 100 Å². The van der Waals surface area contributed by atoms with Crippen LogP contribution in [0.15, 0.2) is 24.3 Å². The number of ether oxygens (including phenoxy) is 1. The molecule has 0 saturated carbocycles.